The normalized spacial score (nSPS) is 11.9. The van der Waals surface area contributed by atoms with E-state index < -0.39 is 12.0 Å². The number of aliphatic carboxylic acids is 1. The molecule has 0 fully saturated rings. The quantitative estimate of drug-likeness (QED) is 0.428. The Balaban J connectivity index is 0.00000441. The number of nitrogens with zero attached hydrogens (tertiary/aromatic N) is 2. The largest absolute Gasteiger partial charge is 1.00 e. The standard InChI is InChI=1S/C16H28N2O3.Na/c1-2-3-4-5-6-7-8-9-10-11-14(16(20)21)18-13-17-12-15(18)19;/h12-14,19H,2-11H2,1H3,(H,20,21);/q;+1/p-1. The molecular weight excluding hydrogens is 291 g/mol. The zero-order valence-corrected chi connectivity index (χ0v) is 16.0. The number of rotatable bonds is 12. The zero-order chi connectivity index (χ0) is 15.5. The van der Waals surface area contributed by atoms with Crippen molar-refractivity contribution in [2.75, 3.05) is 0 Å². The van der Waals surface area contributed by atoms with Crippen LogP contribution >= 0.6 is 0 Å². The molecule has 0 amide bonds. The molecule has 1 atom stereocenters. The molecule has 0 aliphatic rings. The van der Waals surface area contributed by atoms with E-state index in [1.54, 1.807) is 0 Å². The number of hydrogen-bond donors (Lipinski definition) is 1. The van der Waals surface area contributed by atoms with Gasteiger partial charge in [0.2, 0.25) is 5.88 Å². The molecule has 0 aromatic carbocycles. The van der Waals surface area contributed by atoms with Gasteiger partial charge in [-0.1, -0.05) is 64.7 Å². The van der Waals surface area contributed by atoms with Crippen LogP contribution in [0.1, 0.15) is 77.2 Å². The Kier molecular flexibility index (Phi) is 12.7. The fourth-order valence-electron chi connectivity index (χ4n) is 2.56. The van der Waals surface area contributed by atoms with Gasteiger partial charge in [-0.15, -0.1) is 0 Å². The van der Waals surface area contributed by atoms with Crippen LogP contribution in [0, 0.1) is 0 Å². The van der Waals surface area contributed by atoms with E-state index in [9.17, 15) is 15.0 Å². The van der Waals surface area contributed by atoms with Gasteiger partial charge in [0.05, 0.1) is 24.5 Å². The van der Waals surface area contributed by atoms with Crippen LogP contribution in [-0.4, -0.2) is 20.6 Å². The van der Waals surface area contributed by atoms with Gasteiger partial charge in [-0.2, -0.15) is 0 Å². The first kappa shape index (κ1) is 21.5. The third-order valence-corrected chi connectivity index (χ3v) is 3.83. The van der Waals surface area contributed by atoms with E-state index in [2.05, 4.69) is 11.9 Å². The first-order valence-corrected chi connectivity index (χ1v) is 8.08. The van der Waals surface area contributed by atoms with Gasteiger partial charge < -0.3 is 15.0 Å². The summed E-state index contributed by atoms with van der Waals surface area (Å²) in [6, 6.07) is -0.822. The molecule has 120 valence electrons. The number of aromatic hydroxyl groups is 1. The van der Waals surface area contributed by atoms with Gasteiger partial charge in [0.1, 0.15) is 0 Å². The molecule has 0 radical (unpaired) electrons. The average Bonchev–Trinajstić information content (AvgIpc) is 2.87. The van der Waals surface area contributed by atoms with Gasteiger partial charge in [0, 0.05) is 0 Å². The summed E-state index contributed by atoms with van der Waals surface area (Å²) < 4.78 is 1.26. The number of carbonyl (C=O) groups is 1. The fourth-order valence-corrected chi connectivity index (χ4v) is 2.56. The number of carboxylic acids is 1. The minimum atomic E-state index is -1.16. The van der Waals surface area contributed by atoms with E-state index in [1.807, 2.05) is 0 Å². The maximum absolute atomic E-state index is 11.1. The summed E-state index contributed by atoms with van der Waals surface area (Å²) >= 11 is 0. The van der Waals surface area contributed by atoms with E-state index in [0.29, 0.717) is 6.42 Å². The number of unbranched alkanes of at least 4 members (excludes halogenated alkanes) is 8. The van der Waals surface area contributed by atoms with Gasteiger partial charge in [-0.05, 0) is 6.42 Å². The van der Waals surface area contributed by atoms with Crippen molar-refractivity contribution in [3.8, 4) is 5.88 Å². The number of carbonyl (C=O) groups excluding carboxylic acids is 1. The summed E-state index contributed by atoms with van der Waals surface area (Å²) in [6.07, 6.45) is 13.7. The predicted molar refractivity (Wildman–Crippen MR) is 79.8 cm³/mol. The Morgan fingerprint density at radius 3 is 2.18 bits per heavy atom. The van der Waals surface area contributed by atoms with Crippen LogP contribution in [0.4, 0.5) is 0 Å². The maximum Gasteiger partial charge on any atom is 1.00 e. The second-order valence-electron chi connectivity index (χ2n) is 5.61. The first-order valence-electron chi connectivity index (χ1n) is 8.08. The molecule has 0 bridgehead atoms. The predicted octanol–water partition coefficient (Wildman–Crippen LogP) is -0.195. The molecule has 0 saturated heterocycles. The molecule has 5 nitrogen and oxygen atoms in total. The molecule has 1 heterocycles. The topological polar surface area (TPSA) is 78.2 Å². The Hall–Kier alpha value is -0.520. The minimum Gasteiger partial charge on any atom is -0.548 e. The van der Waals surface area contributed by atoms with Crippen LogP contribution in [-0.2, 0) is 4.79 Å². The van der Waals surface area contributed by atoms with Gasteiger partial charge in [-0.25, -0.2) is 4.98 Å². The summed E-state index contributed by atoms with van der Waals surface area (Å²) in [7, 11) is 0. The SMILES string of the molecule is CCCCCCCCCCCC(C(=O)[O-])n1cncc1O.[Na+]. The maximum atomic E-state index is 11.1. The smallest absolute Gasteiger partial charge is 0.548 e. The van der Waals surface area contributed by atoms with E-state index >= 15 is 0 Å². The van der Waals surface area contributed by atoms with Crippen LogP contribution in [0.3, 0.4) is 0 Å². The Morgan fingerprint density at radius 1 is 1.18 bits per heavy atom. The Bertz CT molecular complexity index is 410. The van der Waals surface area contributed by atoms with E-state index in [-0.39, 0.29) is 35.4 Å². The third-order valence-electron chi connectivity index (χ3n) is 3.83. The summed E-state index contributed by atoms with van der Waals surface area (Å²) in [4.78, 5) is 14.9. The van der Waals surface area contributed by atoms with Gasteiger partial charge in [-0.3, -0.25) is 4.57 Å². The van der Waals surface area contributed by atoms with Crippen LogP contribution < -0.4 is 34.7 Å². The van der Waals surface area contributed by atoms with E-state index in [1.165, 1.54) is 55.6 Å². The molecular formula is C16H27N2NaO3. The summed E-state index contributed by atoms with van der Waals surface area (Å²) in [5.74, 6) is -1.29. The molecule has 1 aromatic rings. The minimum absolute atomic E-state index is 0. The van der Waals surface area contributed by atoms with Crippen molar-refractivity contribution < 1.29 is 44.6 Å². The molecule has 0 aliphatic heterocycles. The molecule has 1 rings (SSSR count). The molecule has 6 heteroatoms. The molecule has 22 heavy (non-hydrogen) atoms. The van der Waals surface area contributed by atoms with Gasteiger partial charge in [0.15, 0.2) is 0 Å². The van der Waals surface area contributed by atoms with E-state index in [0.717, 1.165) is 19.3 Å². The van der Waals surface area contributed by atoms with Crippen molar-refractivity contribution in [3.63, 3.8) is 0 Å². The Labute approximate surface area is 155 Å². The van der Waals surface area contributed by atoms with Crippen LogP contribution in [0.15, 0.2) is 12.5 Å². The second kappa shape index (κ2) is 13.0. The van der Waals surface area contributed by atoms with Crippen molar-refractivity contribution in [1.29, 1.82) is 0 Å². The number of imidazole rings is 1. The molecule has 1 unspecified atom stereocenters. The molecule has 0 saturated carbocycles. The summed E-state index contributed by atoms with van der Waals surface area (Å²) in [5.41, 5.74) is 0. The van der Waals surface area contributed by atoms with E-state index in [4.69, 9.17) is 0 Å². The number of carboxylic acid groups (broad SMARTS) is 1. The summed E-state index contributed by atoms with van der Waals surface area (Å²) in [5, 5.41) is 20.7. The monoisotopic (exact) mass is 318 g/mol. The van der Waals surface area contributed by atoms with Crippen LogP contribution in [0.2, 0.25) is 0 Å². The number of aromatic nitrogens is 2. The van der Waals surface area contributed by atoms with Crippen molar-refractivity contribution in [2.45, 2.75) is 77.2 Å². The van der Waals surface area contributed by atoms with Gasteiger partial charge in [0.25, 0.3) is 0 Å². The molecule has 1 N–H and O–H groups in total. The van der Waals surface area contributed by atoms with Crippen molar-refractivity contribution in [1.82, 2.24) is 9.55 Å². The first-order chi connectivity index (χ1) is 10.2. The average molecular weight is 318 g/mol. The second-order valence-corrected chi connectivity index (χ2v) is 5.61. The van der Waals surface area contributed by atoms with Gasteiger partial charge >= 0.3 is 29.6 Å². The van der Waals surface area contributed by atoms with Crippen molar-refractivity contribution in [3.05, 3.63) is 12.5 Å². The molecule has 0 aliphatic carbocycles. The zero-order valence-electron chi connectivity index (χ0n) is 14.0. The van der Waals surface area contributed by atoms with Crippen molar-refractivity contribution >= 4 is 5.97 Å². The molecule has 0 spiro atoms. The molecule has 1 aromatic heterocycles. The summed E-state index contributed by atoms with van der Waals surface area (Å²) in [6.45, 7) is 2.21. The van der Waals surface area contributed by atoms with Crippen molar-refractivity contribution in [2.24, 2.45) is 0 Å². The third kappa shape index (κ3) is 8.20. The Morgan fingerprint density at radius 2 is 1.73 bits per heavy atom. The number of hydrogen-bond acceptors (Lipinski definition) is 4. The van der Waals surface area contributed by atoms with Crippen LogP contribution in [0.5, 0.6) is 5.88 Å². The fraction of sp³-hybridized carbons (Fsp3) is 0.750. The van der Waals surface area contributed by atoms with Crippen LogP contribution in [0.25, 0.3) is 0 Å².